The van der Waals surface area contributed by atoms with Gasteiger partial charge in [0.25, 0.3) is 0 Å². The van der Waals surface area contributed by atoms with E-state index in [1.165, 1.54) is 0 Å². The van der Waals surface area contributed by atoms with Crippen LogP contribution in [0.4, 0.5) is 0 Å². The summed E-state index contributed by atoms with van der Waals surface area (Å²) in [4.78, 5) is 0. The fourth-order valence-corrected chi connectivity index (χ4v) is 0.642. The Kier molecular flexibility index (Phi) is 35.2. The Morgan fingerprint density at radius 1 is 0.529 bits per heavy atom. The largest absolute Gasteiger partial charge is 0 e. The molecular formula is C10H10Cl4FeGa2. The van der Waals surface area contributed by atoms with Crippen LogP contribution in [0.15, 0.2) is 0 Å². The van der Waals surface area contributed by atoms with Gasteiger partial charge in [-0.15, -0.1) is 0 Å². The molecule has 0 aromatic heterocycles. The van der Waals surface area contributed by atoms with E-state index in [0.29, 0.717) is 0 Å². The van der Waals surface area contributed by atoms with Crippen LogP contribution in [0, 0.1) is 64.2 Å². The van der Waals surface area contributed by atoms with Gasteiger partial charge in [-0.3, -0.25) is 0 Å². The van der Waals surface area contributed by atoms with Crippen molar-refractivity contribution in [2.45, 2.75) is 0 Å². The van der Waals surface area contributed by atoms with Crippen molar-refractivity contribution in [1.29, 1.82) is 0 Å². The van der Waals surface area contributed by atoms with E-state index in [0.717, 1.165) is 17.6 Å². The van der Waals surface area contributed by atoms with Crippen molar-refractivity contribution in [3.63, 3.8) is 0 Å². The summed E-state index contributed by atoms with van der Waals surface area (Å²) in [7, 11) is 19.7. The van der Waals surface area contributed by atoms with Gasteiger partial charge in [-0.05, 0) is 64.2 Å². The van der Waals surface area contributed by atoms with Crippen molar-refractivity contribution in [3.05, 3.63) is 64.2 Å². The zero-order valence-corrected chi connectivity index (χ0v) is 17.8. The minimum absolute atomic E-state index is 0. The summed E-state index contributed by atoms with van der Waals surface area (Å²) < 4.78 is 0. The van der Waals surface area contributed by atoms with Crippen molar-refractivity contribution in [3.8, 4) is 0 Å². The molecule has 7 heteroatoms. The molecule has 0 spiro atoms. The van der Waals surface area contributed by atoms with Crippen LogP contribution in [-0.4, -0.2) is 30.8 Å². The van der Waals surface area contributed by atoms with E-state index in [4.69, 9.17) is 38.6 Å². The molecule has 17 heavy (non-hydrogen) atoms. The maximum absolute atomic E-state index is 4.99. The SMILES string of the molecule is [CH]1[CH][CH][CH][CH]1.[CH]1[CH][CH][CH][CH]1.[Cl][Ga].[Cl][Ga]([Cl])[Cl].[Fe]. The molecule has 2 saturated carbocycles. The summed E-state index contributed by atoms with van der Waals surface area (Å²) in [5.41, 5.74) is 0. The Labute approximate surface area is 149 Å². The molecule has 0 saturated heterocycles. The van der Waals surface area contributed by atoms with Gasteiger partial charge in [0.1, 0.15) is 0 Å². The van der Waals surface area contributed by atoms with Gasteiger partial charge in [0.2, 0.25) is 0 Å². The summed E-state index contributed by atoms with van der Waals surface area (Å²) in [6.07, 6.45) is 20.0. The standard InChI is InChI=1S/2C5H5.4ClH.Fe.2Ga/c2*1-2-4-5-3-1;;;;;;;/h2*1-5H;4*1H;;;/q;;;;;;;+1;+3/p-4. The maximum Gasteiger partial charge on any atom is 0 e. The first-order valence-electron chi connectivity index (χ1n) is 4.21. The van der Waals surface area contributed by atoms with Crippen molar-refractivity contribution in [1.82, 2.24) is 0 Å². The first-order valence-corrected chi connectivity index (χ1v) is 16.9. The predicted molar refractivity (Wildman–Crippen MR) is 77.9 cm³/mol. The summed E-state index contributed by atoms with van der Waals surface area (Å²) in [5.74, 6) is 0. The van der Waals surface area contributed by atoms with E-state index in [9.17, 15) is 0 Å². The average Bonchev–Trinajstić information content (AvgIpc) is 2.99. The molecule has 0 amide bonds. The van der Waals surface area contributed by atoms with Crippen molar-refractivity contribution in [2.24, 2.45) is 0 Å². The molecule has 0 heterocycles. The van der Waals surface area contributed by atoms with Gasteiger partial charge < -0.3 is 0 Å². The minimum Gasteiger partial charge on any atom is 0 e. The fourth-order valence-electron chi connectivity index (χ4n) is 0.642. The van der Waals surface area contributed by atoms with Crippen molar-refractivity contribution < 1.29 is 17.1 Å². The van der Waals surface area contributed by atoms with Crippen LogP contribution in [0.2, 0.25) is 0 Å². The van der Waals surface area contributed by atoms with Crippen LogP contribution in [0.3, 0.4) is 0 Å². The third kappa shape index (κ3) is 32.5. The van der Waals surface area contributed by atoms with E-state index in [1.807, 2.05) is 64.2 Å². The van der Waals surface area contributed by atoms with Crippen LogP contribution in [-0.2, 0) is 17.1 Å². The fraction of sp³-hybridized carbons (Fsp3) is 0. The second kappa shape index (κ2) is 24.0. The molecule has 0 unspecified atom stereocenters. The van der Waals surface area contributed by atoms with Crippen LogP contribution in [0.25, 0.3) is 0 Å². The molecular weight excluding hydrogens is 457 g/mol. The number of rotatable bonds is 0. The Balaban J connectivity index is -0.000000158. The first-order chi connectivity index (χ1) is 7.73. The smallest absolute Gasteiger partial charge is 0 e. The monoisotopic (exact) mass is 464 g/mol. The van der Waals surface area contributed by atoms with Gasteiger partial charge in [-0.2, -0.15) is 0 Å². The summed E-state index contributed by atoms with van der Waals surface area (Å²) >= 11 is -0.903. The molecule has 0 atom stereocenters. The molecule has 92 valence electrons. The van der Waals surface area contributed by atoms with E-state index in [1.54, 1.807) is 0 Å². The molecule has 0 bridgehead atoms. The third-order valence-corrected chi connectivity index (χ3v) is 1.11. The third-order valence-electron chi connectivity index (χ3n) is 1.11. The number of hydrogen-bond donors (Lipinski definition) is 0. The van der Waals surface area contributed by atoms with E-state index < -0.39 is 13.2 Å². The van der Waals surface area contributed by atoms with E-state index in [-0.39, 0.29) is 17.1 Å². The second-order valence-electron chi connectivity index (χ2n) is 2.17. The van der Waals surface area contributed by atoms with Crippen LogP contribution < -0.4 is 0 Å². The molecule has 2 fully saturated rings. The Morgan fingerprint density at radius 3 is 0.647 bits per heavy atom. The topological polar surface area (TPSA) is 0 Å². The van der Waals surface area contributed by atoms with Gasteiger partial charge >= 0.3 is 69.4 Å². The quantitative estimate of drug-likeness (QED) is 0.472. The molecule has 0 aliphatic heterocycles. The molecule has 2 rings (SSSR count). The predicted octanol–water partition coefficient (Wildman–Crippen LogP) is 4.04. The van der Waals surface area contributed by atoms with Gasteiger partial charge in [0.15, 0.2) is 0 Å². The first kappa shape index (κ1) is 24.9. The average molecular weight is 467 g/mol. The zero-order valence-electron chi connectivity index (χ0n) is 8.79. The molecule has 0 nitrogen and oxygen atoms in total. The molecule has 12 radical (unpaired) electrons. The van der Waals surface area contributed by atoms with E-state index in [2.05, 4.69) is 0 Å². The summed E-state index contributed by atoms with van der Waals surface area (Å²) in [6.45, 7) is 0. The van der Waals surface area contributed by atoms with Crippen LogP contribution >= 0.6 is 38.6 Å². The molecule has 0 aromatic carbocycles. The van der Waals surface area contributed by atoms with Gasteiger partial charge in [0.05, 0.1) is 0 Å². The van der Waals surface area contributed by atoms with Gasteiger partial charge in [0, 0.05) is 17.1 Å². The van der Waals surface area contributed by atoms with Crippen LogP contribution in [0.1, 0.15) is 0 Å². The molecule has 0 aromatic rings. The zero-order chi connectivity index (χ0) is 12.6. The Morgan fingerprint density at radius 2 is 0.588 bits per heavy atom. The molecule has 2 aliphatic carbocycles. The van der Waals surface area contributed by atoms with E-state index >= 15 is 0 Å². The number of hydrogen-bond acceptors (Lipinski definition) is 0. The normalized spacial score (nSPS) is 16.0. The summed E-state index contributed by atoms with van der Waals surface area (Å²) in [6, 6.07) is 0. The molecule has 2 aliphatic rings. The number of halogens is 4. The Bertz CT molecular complexity index is 84.5. The van der Waals surface area contributed by atoms with Crippen LogP contribution in [0.5, 0.6) is 0 Å². The Hall–Kier alpha value is 2.95. The van der Waals surface area contributed by atoms with Crippen molar-refractivity contribution >= 4 is 69.4 Å². The van der Waals surface area contributed by atoms with Gasteiger partial charge in [-0.1, -0.05) is 0 Å². The second-order valence-corrected chi connectivity index (χ2v) is 13.5. The molecule has 0 N–H and O–H groups in total. The minimum atomic E-state index is -2.06. The maximum atomic E-state index is 4.99. The van der Waals surface area contributed by atoms with Crippen molar-refractivity contribution in [2.75, 3.05) is 0 Å². The van der Waals surface area contributed by atoms with Gasteiger partial charge in [-0.25, -0.2) is 0 Å². The summed E-state index contributed by atoms with van der Waals surface area (Å²) in [5, 5.41) is 0.